The van der Waals surface area contributed by atoms with Crippen LogP contribution in [0.2, 0.25) is 0 Å². The van der Waals surface area contributed by atoms with Crippen molar-refractivity contribution in [1.29, 1.82) is 0 Å². The van der Waals surface area contributed by atoms with E-state index in [1.54, 1.807) is 7.11 Å². The SMILES string of the molecule is COC[C@@]1(C2CC2)COCC(COc2ccc(Br)cc2)O1. The third-order valence-electron chi connectivity index (χ3n) is 4.01. The van der Waals surface area contributed by atoms with Crippen LogP contribution in [-0.4, -0.2) is 45.2 Å². The molecule has 0 radical (unpaired) electrons. The summed E-state index contributed by atoms with van der Waals surface area (Å²) in [5.41, 5.74) is -0.277. The molecular formula is C16H21BrO4. The predicted octanol–water partition coefficient (Wildman–Crippen LogP) is 3.04. The molecule has 0 N–H and O–H groups in total. The van der Waals surface area contributed by atoms with Gasteiger partial charge < -0.3 is 18.9 Å². The van der Waals surface area contributed by atoms with E-state index in [0.717, 1.165) is 10.2 Å². The molecule has 1 aromatic carbocycles. The molecule has 2 fully saturated rings. The second-order valence-corrected chi connectivity index (χ2v) is 6.71. The third kappa shape index (κ3) is 3.77. The van der Waals surface area contributed by atoms with E-state index < -0.39 is 0 Å². The zero-order chi connectivity index (χ0) is 14.7. The van der Waals surface area contributed by atoms with Crippen molar-refractivity contribution in [3.05, 3.63) is 28.7 Å². The third-order valence-corrected chi connectivity index (χ3v) is 4.54. The first-order valence-electron chi connectivity index (χ1n) is 7.35. The largest absolute Gasteiger partial charge is 0.491 e. The average Bonchev–Trinajstić information content (AvgIpc) is 3.32. The molecule has 4 nitrogen and oxygen atoms in total. The Morgan fingerprint density at radius 2 is 2.05 bits per heavy atom. The fourth-order valence-electron chi connectivity index (χ4n) is 2.83. The Bertz CT molecular complexity index is 456. The molecule has 5 heteroatoms. The molecule has 1 heterocycles. The molecular weight excluding hydrogens is 336 g/mol. The van der Waals surface area contributed by atoms with Crippen molar-refractivity contribution in [1.82, 2.24) is 0 Å². The number of ether oxygens (including phenoxy) is 4. The Morgan fingerprint density at radius 3 is 2.71 bits per heavy atom. The molecule has 2 atom stereocenters. The molecule has 0 spiro atoms. The maximum absolute atomic E-state index is 6.30. The van der Waals surface area contributed by atoms with E-state index in [9.17, 15) is 0 Å². The minimum absolute atomic E-state index is 0.0434. The van der Waals surface area contributed by atoms with Crippen LogP contribution in [0.1, 0.15) is 12.8 Å². The van der Waals surface area contributed by atoms with Crippen LogP contribution >= 0.6 is 15.9 Å². The van der Waals surface area contributed by atoms with Gasteiger partial charge in [-0.1, -0.05) is 15.9 Å². The monoisotopic (exact) mass is 356 g/mol. The lowest BCUT2D eigenvalue weighted by atomic mass is 9.98. The summed E-state index contributed by atoms with van der Waals surface area (Å²) in [4.78, 5) is 0. The van der Waals surface area contributed by atoms with Crippen LogP contribution < -0.4 is 4.74 Å². The molecule has 1 aliphatic carbocycles. The molecule has 1 aliphatic heterocycles. The van der Waals surface area contributed by atoms with Crippen molar-refractivity contribution in [2.75, 3.05) is 33.5 Å². The standard InChI is InChI=1S/C16H21BrO4/c1-18-10-16(12-2-3-12)11-19-8-15(21-16)9-20-14-6-4-13(17)5-7-14/h4-7,12,15H,2-3,8-11H2,1H3/t15?,16-/m0/s1. The zero-order valence-electron chi connectivity index (χ0n) is 12.2. The summed E-state index contributed by atoms with van der Waals surface area (Å²) in [6.45, 7) is 2.29. The van der Waals surface area contributed by atoms with Gasteiger partial charge in [-0.15, -0.1) is 0 Å². The number of methoxy groups -OCH3 is 1. The molecule has 21 heavy (non-hydrogen) atoms. The van der Waals surface area contributed by atoms with Crippen molar-refractivity contribution in [3.8, 4) is 5.75 Å². The van der Waals surface area contributed by atoms with Crippen LogP contribution in [0.4, 0.5) is 0 Å². The molecule has 0 aromatic heterocycles. The second kappa shape index (κ2) is 6.65. The lowest BCUT2D eigenvalue weighted by Gasteiger charge is -2.40. The van der Waals surface area contributed by atoms with Gasteiger partial charge in [0.15, 0.2) is 0 Å². The van der Waals surface area contributed by atoms with Crippen LogP contribution in [0.5, 0.6) is 5.75 Å². The summed E-state index contributed by atoms with van der Waals surface area (Å²) in [5.74, 6) is 1.41. The van der Waals surface area contributed by atoms with Crippen molar-refractivity contribution in [2.24, 2.45) is 5.92 Å². The van der Waals surface area contributed by atoms with E-state index in [1.165, 1.54) is 12.8 Å². The van der Waals surface area contributed by atoms with Crippen molar-refractivity contribution >= 4 is 15.9 Å². The quantitative estimate of drug-likeness (QED) is 0.784. The molecule has 0 bridgehead atoms. The summed E-state index contributed by atoms with van der Waals surface area (Å²) in [5, 5.41) is 0. The summed E-state index contributed by atoms with van der Waals surface area (Å²) in [6.07, 6.45) is 2.36. The van der Waals surface area contributed by atoms with E-state index in [1.807, 2.05) is 24.3 Å². The van der Waals surface area contributed by atoms with Gasteiger partial charge in [0, 0.05) is 11.6 Å². The normalized spacial score (nSPS) is 29.3. The van der Waals surface area contributed by atoms with Gasteiger partial charge in [0.1, 0.15) is 24.1 Å². The van der Waals surface area contributed by atoms with Crippen molar-refractivity contribution in [3.63, 3.8) is 0 Å². The fourth-order valence-corrected chi connectivity index (χ4v) is 3.09. The second-order valence-electron chi connectivity index (χ2n) is 5.79. The molecule has 2 aliphatic rings. The van der Waals surface area contributed by atoms with Crippen LogP contribution in [0.25, 0.3) is 0 Å². The Morgan fingerprint density at radius 1 is 1.29 bits per heavy atom. The molecule has 0 amide bonds. The van der Waals surface area contributed by atoms with Gasteiger partial charge in [-0.05, 0) is 43.0 Å². The maximum atomic E-state index is 6.30. The first-order chi connectivity index (χ1) is 10.2. The van der Waals surface area contributed by atoms with E-state index in [-0.39, 0.29) is 11.7 Å². The van der Waals surface area contributed by atoms with Crippen LogP contribution in [0.15, 0.2) is 28.7 Å². The highest BCUT2D eigenvalue weighted by Crippen LogP contribution is 2.44. The predicted molar refractivity (Wildman–Crippen MR) is 82.7 cm³/mol. The Hall–Kier alpha value is -0.620. The van der Waals surface area contributed by atoms with Gasteiger partial charge in [0.2, 0.25) is 0 Å². The molecule has 116 valence electrons. The smallest absolute Gasteiger partial charge is 0.119 e. The minimum atomic E-state index is -0.277. The molecule has 1 aromatic rings. The van der Waals surface area contributed by atoms with E-state index in [0.29, 0.717) is 32.3 Å². The van der Waals surface area contributed by atoms with Gasteiger partial charge >= 0.3 is 0 Å². The topological polar surface area (TPSA) is 36.9 Å². The van der Waals surface area contributed by atoms with Gasteiger partial charge in [-0.3, -0.25) is 0 Å². The summed E-state index contributed by atoms with van der Waals surface area (Å²) < 4.78 is 24.3. The van der Waals surface area contributed by atoms with Crippen molar-refractivity contribution < 1.29 is 18.9 Å². The number of hydrogen-bond donors (Lipinski definition) is 0. The molecule has 1 unspecified atom stereocenters. The molecule has 1 saturated heterocycles. The number of halogens is 1. The first-order valence-corrected chi connectivity index (χ1v) is 8.14. The van der Waals surface area contributed by atoms with Crippen molar-refractivity contribution in [2.45, 2.75) is 24.5 Å². The number of rotatable bonds is 6. The lowest BCUT2D eigenvalue weighted by Crippen LogP contribution is -2.53. The van der Waals surface area contributed by atoms with E-state index in [4.69, 9.17) is 18.9 Å². The highest BCUT2D eigenvalue weighted by molar-refractivity contribution is 9.10. The number of hydrogen-bond acceptors (Lipinski definition) is 4. The molecule has 1 saturated carbocycles. The first kappa shape index (κ1) is 15.3. The van der Waals surface area contributed by atoms with Crippen LogP contribution in [0.3, 0.4) is 0 Å². The van der Waals surface area contributed by atoms with Gasteiger partial charge in [0.25, 0.3) is 0 Å². The Balaban J connectivity index is 1.56. The fraction of sp³-hybridized carbons (Fsp3) is 0.625. The highest BCUT2D eigenvalue weighted by Gasteiger charge is 2.50. The zero-order valence-corrected chi connectivity index (χ0v) is 13.8. The Labute approximate surface area is 133 Å². The van der Waals surface area contributed by atoms with E-state index in [2.05, 4.69) is 15.9 Å². The maximum Gasteiger partial charge on any atom is 0.119 e. The summed E-state index contributed by atoms with van der Waals surface area (Å²) in [7, 11) is 1.72. The van der Waals surface area contributed by atoms with Gasteiger partial charge in [-0.25, -0.2) is 0 Å². The Kier molecular flexibility index (Phi) is 4.84. The number of benzene rings is 1. The van der Waals surface area contributed by atoms with Gasteiger partial charge in [-0.2, -0.15) is 0 Å². The average molecular weight is 357 g/mol. The highest BCUT2D eigenvalue weighted by atomic mass is 79.9. The summed E-state index contributed by atoms with van der Waals surface area (Å²) >= 11 is 3.41. The summed E-state index contributed by atoms with van der Waals surface area (Å²) in [6, 6.07) is 7.81. The van der Waals surface area contributed by atoms with E-state index >= 15 is 0 Å². The lowest BCUT2D eigenvalue weighted by molar-refractivity contribution is -0.230. The molecule has 3 rings (SSSR count). The minimum Gasteiger partial charge on any atom is -0.491 e. The van der Waals surface area contributed by atoms with Crippen LogP contribution in [-0.2, 0) is 14.2 Å². The van der Waals surface area contributed by atoms with Gasteiger partial charge in [0.05, 0.1) is 19.8 Å². The van der Waals surface area contributed by atoms with Crippen LogP contribution in [0, 0.1) is 5.92 Å².